The Morgan fingerprint density at radius 1 is 0.389 bits per heavy atom. The normalized spacial score (nSPS) is 11.5. The van der Waals surface area contributed by atoms with Gasteiger partial charge in [-0.25, -0.2) is 92.8 Å². The number of nitrogens with zero attached hydrogens (tertiary/aromatic N) is 2. The number of hydrogen-bond acceptors (Lipinski definition) is 3. The van der Waals surface area contributed by atoms with Crippen molar-refractivity contribution in [3.63, 3.8) is 0 Å². The van der Waals surface area contributed by atoms with Gasteiger partial charge in [0.1, 0.15) is 52.7 Å². The van der Waals surface area contributed by atoms with Gasteiger partial charge >= 0.3 is 0 Å². The van der Waals surface area contributed by atoms with Crippen molar-refractivity contribution in [2.24, 2.45) is 0 Å². The number of halogens is 20. The molecule has 0 saturated carbocycles. The molecular weight excluding hydrogens is 1020 g/mol. The van der Waals surface area contributed by atoms with Gasteiger partial charge in [-0.3, -0.25) is 9.59 Å². The molecule has 0 aliphatic carbocycles. The van der Waals surface area contributed by atoms with Crippen LogP contribution in [0.3, 0.4) is 0 Å². The standard InChI is InChI=1S/C24BF20.C23H17N2O2/c26-5-1(6(27)14(35)21(42)13(5)34)25(2-7(28)15(36)22(43)16(37)8(2)29,3-9(30)17(38)23(44)18(39)10(3)31)4-11(32)19(40)24(45)20(41)12(4)33;26-22(18-7-2-1-3-8-18)16-25-13-12-24-21(15-25)23(27)20-11-10-17-6-4-5-9-19(17)14-20/h;1-15H,16H2/q-1;+1. The van der Waals surface area contributed by atoms with Gasteiger partial charge in [-0.15, -0.1) is 21.9 Å². The number of fused-ring (bicyclic) bond motifs is 1. The van der Waals surface area contributed by atoms with E-state index in [1.807, 2.05) is 54.6 Å². The Kier molecular flexibility index (Phi) is 14.1. The lowest BCUT2D eigenvalue weighted by Crippen LogP contribution is -2.81. The Morgan fingerprint density at radius 3 is 1.10 bits per heavy atom. The van der Waals surface area contributed by atoms with Crippen LogP contribution in [0.25, 0.3) is 10.8 Å². The molecule has 0 N–H and O–H groups in total. The predicted octanol–water partition coefficient (Wildman–Crippen LogP) is 9.48. The summed E-state index contributed by atoms with van der Waals surface area (Å²) in [6.07, 6.45) is -2.35. The highest BCUT2D eigenvalue weighted by Crippen LogP contribution is 2.31. The lowest BCUT2D eigenvalue weighted by molar-refractivity contribution is -0.683. The first-order valence-corrected chi connectivity index (χ1v) is 19.6. The minimum Gasteiger partial charge on any atom is -0.287 e. The third kappa shape index (κ3) is 8.34. The van der Waals surface area contributed by atoms with Gasteiger partial charge in [-0.05, 0) is 16.8 Å². The van der Waals surface area contributed by atoms with E-state index >= 15 is 35.1 Å². The van der Waals surface area contributed by atoms with Crippen LogP contribution >= 0.6 is 0 Å². The second-order valence-electron chi connectivity index (χ2n) is 15.1. The molecule has 0 saturated heterocycles. The van der Waals surface area contributed by atoms with E-state index < -0.39 is 144 Å². The SMILES string of the molecule is Fc1c(F)c(F)c([B-](c2c(F)c(F)c(F)c(F)c2F)(c2c(F)c(F)c(F)c(F)c2F)c2c(F)c(F)c(F)c(F)c2F)c(F)c1F.O=C(C[n+]1ccnc(C(=O)c2ccc3ccccc3c2)c1)c1ccccc1. The summed E-state index contributed by atoms with van der Waals surface area (Å²) in [7, 11) is 0. The first-order valence-electron chi connectivity index (χ1n) is 19.6. The van der Waals surface area contributed by atoms with Crippen molar-refractivity contribution >= 4 is 50.3 Å². The minimum atomic E-state index is -7.22. The van der Waals surface area contributed by atoms with Gasteiger partial charge in [0.25, 0.3) is 0 Å². The maximum atomic E-state index is 15.4. The van der Waals surface area contributed by atoms with E-state index in [0.29, 0.717) is 16.8 Å². The fraction of sp³-hybridized carbons (Fsp3) is 0.0213. The van der Waals surface area contributed by atoms with Gasteiger partial charge < -0.3 is 0 Å². The number of benzene rings is 7. The first kappa shape index (κ1) is 51.7. The molecule has 0 spiro atoms. The van der Waals surface area contributed by atoms with Gasteiger partial charge in [0.05, 0.1) is 6.20 Å². The molecule has 0 bridgehead atoms. The van der Waals surface area contributed by atoms with Crippen LogP contribution in [0.5, 0.6) is 0 Å². The maximum Gasteiger partial charge on any atom is 0.227 e. The van der Waals surface area contributed by atoms with Crippen molar-refractivity contribution in [1.82, 2.24) is 4.98 Å². The van der Waals surface area contributed by atoms with Gasteiger partial charge in [-0.2, -0.15) is 4.57 Å². The van der Waals surface area contributed by atoms with E-state index in [1.54, 1.807) is 41.4 Å². The molecule has 0 unspecified atom stereocenters. The number of ketones is 2. The lowest BCUT2D eigenvalue weighted by atomic mass is 9.12. The molecule has 0 atom stereocenters. The molecule has 25 heteroatoms. The van der Waals surface area contributed by atoms with Crippen LogP contribution in [0.15, 0.2) is 91.4 Å². The van der Waals surface area contributed by atoms with Crippen LogP contribution in [0.2, 0.25) is 0 Å². The molecule has 72 heavy (non-hydrogen) atoms. The number of Topliss-reactive ketones (excluding diaryl/α,β-unsaturated/α-hetero) is 1. The number of aromatic nitrogens is 2. The summed E-state index contributed by atoms with van der Waals surface area (Å²) in [5.41, 5.74) is -12.8. The Labute approximate surface area is 387 Å². The summed E-state index contributed by atoms with van der Waals surface area (Å²) in [5.74, 6) is -71.6. The third-order valence-corrected chi connectivity index (χ3v) is 11.1. The molecule has 4 nitrogen and oxygen atoms in total. The average Bonchev–Trinajstić information content (AvgIpc) is 3.38. The number of carbonyl (C=O) groups excluding carboxylic acids is 2. The van der Waals surface area contributed by atoms with E-state index in [0.717, 1.165) is 10.8 Å². The Morgan fingerprint density at radius 2 is 0.722 bits per heavy atom. The topological polar surface area (TPSA) is 50.9 Å². The lowest BCUT2D eigenvalue weighted by Gasteiger charge is -2.44. The monoisotopic (exact) mass is 1030 g/mol. The molecule has 0 aliphatic rings. The highest BCUT2D eigenvalue weighted by atomic mass is 19.2. The zero-order valence-corrected chi connectivity index (χ0v) is 34.7. The van der Waals surface area contributed by atoms with Crippen molar-refractivity contribution in [2.75, 3.05) is 0 Å². The van der Waals surface area contributed by atoms with Crippen LogP contribution < -0.4 is 26.4 Å². The first-order chi connectivity index (χ1) is 33.9. The van der Waals surface area contributed by atoms with E-state index in [9.17, 15) is 62.3 Å². The summed E-state index contributed by atoms with van der Waals surface area (Å²) in [5, 5.41) is 2.09. The van der Waals surface area contributed by atoms with Gasteiger partial charge in [-0.1, -0.05) is 66.7 Å². The molecule has 0 amide bonds. The van der Waals surface area contributed by atoms with E-state index in [1.165, 1.54) is 0 Å². The van der Waals surface area contributed by atoms with Crippen LogP contribution in [0.4, 0.5) is 87.8 Å². The van der Waals surface area contributed by atoms with E-state index in [4.69, 9.17) is 0 Å². The van der Waals surface area contributed by atoms with Crippen molar-refractivity contribution in [1.29, 1.82) is 0 Å². The molecule has 8 aromatic rings. The van der Waals surface area contributed by atoms with E-state index in [-0.39, 0.29) is 18.1 Å². The van der Waals surface area contributed by atoms with Gasteiger partial charge in [0.15, 0.2) is 87.9 Å². The van der Waals surface area contributed by atoms with Crippen LogP contribution in [0.1, 0.15) is 26.4 Å². The smallest absolute Gasteiger partial charge is 0.227 e. The second-order valence-corrected chi connectivity index (χ2v) is 15.1. The highest BCUT2D eigenvalue weighted by Gasteiger charge is 2.52. The Balaban J connectivity index is 0.000000238. The largest absolute Gasteiger partial charge is 0.287 e. The Bertz CT molecular complexity index is 3180. The van der Waals surface area contributed by atoms with Crippen molar-refractivity contribution < 1.29 is 102 Å². The van der Waals surface area contributed by atoms with Gasteiger partial charge in [0.2, 0.25) is 18.1 Å². The van der Waals surface area contributed by atoms with Crippen LogP contribution in [-0.4, -0.2) is 22.7 Å². The van der Waals surface area contributed by atoms with Crippen molar-refractivity contribution in [3.05, 3.63) is 225 Å². The summed E-state index contributed by atoms with van der Waals surface area (Å²) >= 11 is 0. The number of carbonyl (C=O) groups is 2. The maximum absolute atomic E-state index is 15.4. The van der Waals surface area contributed by atoms with Crippen LogP contribution in [-0.2, 0) is 6.54 Å². The average molecular weight is 1030 g/mol. The summed E-state index contributed by atoms with van der Waals surface area (Å²) in [6.45, 7) is 0.157. The zero-order chi connectivity index (χ0) is 53.0. The third-order valence-electron chi connectivity index (χ3n) is 11.1. The molecular formula is C47H17BF20N2O2. The van der Waals surface area contributed by atoms with Crippen molar-refractivity contribution in [3.8, 4) is 0 Å². The fourth-order valence-electron chi connectivity index (χ4n) is 7.88. The summed E-state index contributed by atoms with van der Waals surface area (Å²) < 4.78 is 296. The van der Waals surface area contributed by atoms with Gasteiger partial charge in [0, 0.05) is 11.1 Å². The van der Waals surface area contributed by atoms with Crippen LogP contribution in [0, 0.1) is 116 Å². The quantitative estimate of drug-likeness (QED) is 0.0362. The molecule has 0 aliphatic heterocycles. The second kappa shape index (κ2) is 19.6. The highest BCUT2D eigenvalue weighted by molar-refractivity contribution is 7.20. The molecule has 370 valence electrons. The minimum absolute atomic E-state index is 0.0177. The molecule has 7 aromatic carbocycles. The number of hydrogen-bond donors (Lipinski definition) is 0. The molecule has 0 radical (unpaired) electrons. The zero-order valence-electron chi connectivity index (χ0n) is 34.7. The molecule has 0 fully saturated rings. The van der Waals surface area contributed by atoms with E-state index in [2.05, 4.69) is 4.98 Å². The Hall–Kier alpha value is -8.12. The molecule has 1 heterocycles. The predicted molar refractivity (Wildman–Crippen MR) is 212 cm³/mol. The summed E-state index contributed by atoms with van der Waals surface area (Å²) in [6, 6.07) is 22.6. The van der Waals surface area contributed by atoms with Crippen molar-refractivity contribution in [2.45, 2.75) is 6.54 Å². The molecule has 1 aromatic heterocycles. The number of rotatable bonds is 9. The summed E-state index contributed by atoms with van der Waals surface area (Å²) in [4.78, 5) is 29.4. The molecule has 8 rings (SSSR count). The fourth-order valence-corrected chi connectivity index (χ4v) is 7.88.